The lowest BCUT2D eigenvalue weighted by Gasteiger charge is -2.09. The van der Waals surface area contributed by atoms with Crippen molar-refractivity contribution in [2.45, 2.75) is 0 Å². The summed E-state index contributed by atoms with van der Waals surface area (Å²) in [5.74, 6) is 0. The highest BCUT2D eigenvalue weighted by molar-refractivity contribution is 6.42. The summed E-state index contributed by atoms with van der Waals surface area (Å²) >= 11 is 24.1. The Morgan fingerprint density at radius 1 is 0.609 bits per heavy atom. The van der Waals surface area contributed by atoms with Crippen molar-refractivity contribution in [1.29, 1.82) is 0 Å². The molecule has 0 amide bonds. The van der Waals surface area contributed by atoms with Gasteiger partial charge >= 0.3 is 0 Å². The summed E-state index contributed by atoms with van der Waals surface area (Å²) < 4.78 is 0. The third kappa shape index (κ3) is 3.56. The molecule has 6 heteroatoms. The third-order valence-corrected chi connectivity index (χ3v) is 4.76. The molecule has 0 atom stereocenters. The van der Waals surface area contributed by atoms with Crippen LogP contribution in [0.5, 0.6) is 0 Å². The molecule has 0 saturated carbocycles. The number of nitrogens with zero attached hydrogens (tertiary/aromatic N) is 1. The maximum Gasteiger partial charge on any atom is 0.0730 e. The van der Waals surface area contributed by atoms with Crippen LogP contribution in [0.4, 0.5) is 5.69 Å². The smallest absolute Gasteiger partial charge is 0.0730 e. The maximum absolute atomic E-state index is 6.08. The highest BCUT2D eigenvalue weighted by atomic mass is 35.5. The second-order valence-corrected chi connectivity index (χ2v) is 6.56. The van der Waals surface area contributed by atoms with Crippen molar-refractivity contribution in [1.82, 2.24) is 4.98 Å². The van der Waals surface area contributed by atoms with E-state index in [1.54, 1.807) is 36.4 Å². The standard InChI is InChI=1S/C17H10Cl4N2/c18-12-3-1-9(5-14(12)20)16-7-11(22)8-17(23-16)10-2-4-13(19)15(21)6-10/h1-8H,(H2,22,23). The Labute approximate surface area is 153 Å². The quantitative estimate of drug-likeness (QED) is 0.540. The number of nitrogen functional groups attached to an aromatic ring is 1. The largest absolute Gasteiger partial charge is 0.399 e. The van der Waals surface area contributed by atoms with E-state index in [-0.39, 0.29) is 0 Å². The van der Waals surface area contributed by atoms with Gasteiger partial charge in [-0.15, -0.1) is 0 Å². The molecule has 0 aliphatic rings. The molecule has 0 aliphatic carbocycles. The number of halogens is 4. The lowest BCUT2D eigenvalue weighted by molar-refractivity contribution is 1.32. The maximum atomic E-state index is 6.08. The summed E-state index contributed by atoms with van der Waals surface area (Å²) in [5, 5.41) is 1.90. The first kappa shape index (κ1) is 16.4. The molecule has 1 aromatic heterocycles. The Morgan fingerprint density at radius 2 is 1.04 bits per heavy atom. The number of rotatable bonds is 2. The van der Waals surface area contributed by atoms with E-state index >= 15 is 0 Å². The van der Waals surface area contributed by atoms with Crippen LogP contribution in [0.15, 0.2) is 48.5 Å². The SMILES string of the molecule is Nc1cc(-c2ccc(Cl)c(Cl)c2)nc(-c2ccc(Cl)c(Cl)c2)c1. The average molecular weight is 384 g/mol. The molecule has 2 aromatic carbocycles. The van der Waals surface area contributed by atoms with Crippen LogP contribution in [-0.4, -0.2) is 4.98 Å². The van der Waals surface area contributed by atoms with Gasteiger partial charge in [0.15, 0.2) is 0 Å². The van der Waals surface area contributed by atoms with Gasteiger partial charge in [-0.3, -0.25) is 0 Å². The number of aromatic nitrogens is 1. The van der Waals surface area contributed by atoms with Gasteiger partial charge in [-0.25, -0.2) is 4.98 Å². The molecular weight excluding hydrogens is 374 g/mol. The number of pyridine rings is 1. The first-order valence-corrected chi connectivity index (χ1v) is 8.13. The van der Waals surface area contributed by atoms with Gasteiger partial charge in [0, 0.05) is 16.8 Å². The van der Waals surface area contributed by atoms with E-state index in [2.05, 4.69) is 4.98 Å². The van der Waals surface area contributed by atoms with Crippen molar-refractivity contribution in [2.24, 2.45) is 0 Å². The normalized spacial score (nSPS) is 10.8. The molecule has 0 unspecified atom stereocenters. The van der Waals surface area contributed by atoms with Gasteiger partial charge in [-0.05, 0) is 36.4 Å². The number of hydrogen-bond donors (Lipinski definition) is 1. The Hall–Kier alpha value is -1.45. The van der Waals surface area contributed by atoms with Crippen LogP contribution < -0.4 is 5.73 Å². The Balaban J connectivity index is 2.11. The number of anilines is 1. The lowest BCUT2D eigenvalue weighted by atomic mass is 10.1. The van der Waals surface area contributed by atoms with Crippen molar-refractivity contribution >= 4 is 52.1 Å². The summed E-state index contributed by atoms with van der Waals surface area (Å²) in [6.07, 6.45) is 0. The minimum atomic E-state index is 0.462. The average Bonchev–Trinajstić information content (AvgIpc) is 2.52. The van der Waals surface area contributed by atoms with Gasteiger partial charge in [0.25, 0.3) is 0 Å². The van der Waals surface area contributed by atoms with E-state index in [1.165, 1.54) is 0 Å². The summed E-state index contributed by atoms with van der Waals surface area (Å²) in [6.45, 7) is 0. The van der Waals surface area contributed by atoms with Gasteiger partial charge in [0.1, 0.15) is 0 Å². The summed E-state index contributed by atoms with van der Waals surface area (Å²) in [4.78, 5) is 4.63. The molecule has 23 heavy (non-hydrogen) atoms. The molecule has 2 N–H and O–H groups in total. The Kier molecular flexibility index (Phi) is 4.69. The molecule has 0 bridgehead atoms. The van der Waals surface area contributed by atoms with E-state index in [1.807, 2.05) is 12.1 Å². The van der Waals surface area contributed by atoms with Crippen LogP contribution >= 0.6 is 46.4 Å². The van der Waals surface area contributed by atoms with E-state index in [0.717, 1.165) is 11.1 Å². The molecule has 2 nitrogen and oxygen atoms in total. The lowest BCUT2D eigenvalue weighted by Crippen LogP contribution is -1.93. The number of nitrogens with two attached hydrogens (primary N) is 1. The van der Waals surface area contributed by atoms with E-state index in [9.17, 15) is 0 Å². The minimum absolute atomic E-state index is 0.462. The zero-order valence-corrected chi connectivity index (χ0v) is 14.7. The summed E-state index contributed by atoms with van der Waals surface area (Å²) in [7, 11) is 0. The fourth-order valence-corrected chi connectivity index (χ4v) is 2.75. The first-order chi connectivity index (χ1) is 10.9. The van der Waals surface area contributed by atoms with E-state index < -0.39 is 0 Å². The van der Waals surface area contributed by atoms with E-state index in [4.69, 9.17) is 52.1 Å². The summed E-state index contributed by atoms with van der Waals surface area (Å²) in [5.41, 5.74) is 9.65. The molecule has 0 spiro atoms. The molecule has 116 valence electrons. The van der Waals surface area contributed by atoms with Crippen molar-refractivity contribution in [2.75, 3.05) is 5.73 Å². The third-order valence-electron chi connectivity index (χ3n) is 3.28. The van der Waals surface area contributed by atoms with Crippen LogP contribution in [0.1, 0.15) is 0 Å². The van der Waals surface area contributed by atoms with Crippen molar-refractivity contribution in [3.63, 3.8) is 0 Å². The van der Waals surface area contributed by atoms with Crippen LogP contribution in [0.3, 0.4) is 0 Å². The highest BCUT2D eigenvalue weighted by Gasteiger charge is 2.09. The molecule has 0 aliphatic heterocycles. The predicted molar refractivity (Wildman–Crippen MR) is 99.6 cm³/mol. The zero-order valence-electron chi connectivity index (χ0n) is 11.7. The topological polar surface area (TPSA) is 38.9 Å². The van der Waals surface area contributed by atoms with Crippen molar-refractivity contribution in [3.8, 4) is 22.5 Å². The second kappa shape index (κ2) is 6.58. The molecule has 3 rings (SSSR count). The molecule has 0 radical (unpaired) electrons. The number of benzene rings is 2. The van der Waals surface area contributed by atoms with Crippen LogP contribution in [-0.2, 0) is 0 Å². The van der Waals surface area contributed by atoms with Gasteiger partial charge in [-0.1, -0.05) is 58.5 Å². The molecule has 0 saturated heterocycles. The highest BCUT2D eigenvalue weighted by Crippen LogP contribution is 2.32. The molecule has 1 heterocycles. The van der Waals surface area contributed by atoms with Gasteiger partial charge in [0.05, 0.1) is 31.5 Å². The molecular formula is C17H10Cl4N2. The number of hydrogen-bond acceptors (Lipinski definition) is 2. The minimum Gasteiger partial charge on any atom is -0.399 e. The van der Waals surface area contributed by atoms with Gasteiger partial charge in [0.2, 0.25) is 0 Å². The van der Waals surface area contributed by atoms with Gasteiger partial charge < -0.3 is 5.73 Å². The van der Waals surface area contributed by atoms with Crippen LogP contribution in [0.2, 0.25) is 20.1 Å². The van der Waals surface area contributed by atoms with Gasteiger partial charge in [-0.2, -0.15) is 0 Å². The Morgan fingerprint density at radius 3 is 1.43 bits per heavy atom. The fraction of sp³-hybridized carbons (Fsp3) is 0. The van der Waals surface area contributed by atoms with Crippen molar-refractivity contribution < 1.29 is 0 Å². The molecule has 3 aromatic rings. The van der Waals surface area contributed by atoms with E-state index in [0.29, 0.717) is 37.2 Å². The molecule has 0 fully saturated rings. The summed E-state index contributed by atoms with van der Waals surface area (Å²) in [6, 6.07) is 14.2. The monoisotopic (exact) mass is 382 g/mol. The first-order valence-electron chi connectivity index (χ1n) is 6.62. The van der Waals surface area contributed by atoms with Crippen molar-refractivity contribution in [3.05, 3.63) is 68.6 Å². The van der Waals surface area contributed by atoms with Crippen LogP contribution in [0, 0.1) is 0 Å². The fourth-order valence-electron chi connectivity index (χ4n) is 2.16. The second-order valence-electron chi connectivity index (χ2n) is 4.93. The zero-order chi connectivity index (χ0) is 16.6. The predicted octanol–water partition coefficient (Wildman–Crippen LogP) is 6.61. The Bertz CT molecular complexity index is 824. The van der Waals surface area contributed by atoms with Crippen LogP contribution in [0.25, 0.3) is 22.5 Å².